The lowest BCUT2D eigenvalue weighted by Gasteiger charge is -2.10. The first kappa shape index (κ1) is 7.03. The summed E-state index contributed by atoms with van der Waals surface area (Å²) in [5.74, 6) is 0.886. The van der Waals surface area contributed by atoms with E-state index in [9.17, 15) is 0 Å². The average molecular weight is 168 g/mol. The second kappa shape index (κ2) is 2.77. The summed E-state index contributed by atoms with van der Waals surface area (Å²) in [6, 6.07) is 0. The minimum absolute atomic E-state index is 0.886. The Labute approximate surface area is 70.2 Å². The van der Waals surface area contributed by atoms with Gasteiger partial charge in [0.05, 0.1) is 0 Å². The molecule has 1 aromatic rings. The molecule has 2 rings (SSSR count). The summed E-state index contributed by atoms with van der Waals surface area (Å²) in [6.07, 6.45) is 3.45. The lowest BCUT2D eigenvalue weighted by molar-refractivity contribution is 0.950. The van der Waals surface area contributed by atoms with E-state index in [0.717, 1.165) is 24.0 Å². The fraction of sp³-hybridized carbons (Fsp3) is 0.571. The summed E-state index contributed by atoms with van der Waals surface area (Å²) < 4.78 is 4.14. The van der Waals surface area contributed by atoms with E-state index in [-0.39, 0.29) is 0 Å². The van der Waals surface area contributed by atoms with Gasteiger partial charge in [-0.1, -0.05) is 0 Å². The molecule has 3 nitrogen and oxygen atoms in total. The number of aryl methyl sites for hydroxylation is 1. The number of anilines is 1. The van der Waals surface area contributed by atoms with Crippen LogP contribution in [0.2, 0.25) is 0 Å². The standard InChI is InChI=1S/C7H10N3S/c1-6-8-7(11-9-6)10-4-2-3-5-10/h2H,3-5H2,1H3. The van der Waals surface area contributed by atoms with Crippen LogP contribution in [0.1, 0.15) is 12.2 Å². The van der Waals surface area contributed by atoms with E-state index in [2.05, 4.69) is 20.7 Å². The first-order chi connectivity index (χ1) is 5.36. The molecular weight excluding hydrogens is 158 g/mol. The molecule has 2 heterocycles. The van der Waals surface area contributed by atoms with Crippen LogP contribution in [0.25, 0.3) is 0 Å². The van der Waals surface area contributed by atoms with Crippen LogP contribution in [0.15, 0.2) is 0 Å². The van der Waals surface area contributed by atoms with Gasteiger partial charge >= 0.3 is 0 Å². The van der Waals surface area contributed by atoms with Crippen molar-refractivity contribution in [3.05, 3.63) is 12.2 Å². The van der Waals surface area contributed by atoms with E-state index in [4.69, 9.17) is 0 Å². The molecule has 0 bridgehead atoms. The number of hydrogen-bond acceptors (Lipinski definition) is 4. The van der Waals surface area contributed by atoms with Gasteiger partial charge in [-0.25, -0.2) is 4.98 Å². The van der Waals surface area contributed by atoms with Crippen molar-refractivity contribution in [3.8, 4) is 0 Å². The van der Waals surface area contributed by atoms with Crippen molar-refractivity contribution in [1.82, 2.24) is 9.36 Å². The van der Waals surface area contributed by atoms with E-state index >= 15 is 0 Å². The number of rotatable bonds is 1. The van der Waals surface area contributed by atoms with E-state index in [1.807, 2.05) is 6.92 Å². The van der Waals surface area contributed by atoms with Gasteiger partial charge in [0.1, 0.15) is 5.82 Å². The smallest absolute Gasteiger partial charge is 0.205 e. The molecule has 1 aliphatic heterocycles. The number of aromatic nitrogens is 2. The van der Waals surface area contributed by atoms with Crippen molar-refractivity contribution >= 4 is 16.7 Å². The fourth-order valence-electron chi connectivity index (χ4n) is 1.17. The second-order valence-corrected chi connectivity index (χ2v) is 3.38. The largest absolute Gasteiger partial charge is 0.347 e. The van der Waals surface area contributed by atoms with Crippen molar-refractivity contribution in [3.63, 3.8) is 0 Å². The van der Waals surface area contributed by atoms with Crippen molar-refractivity contribution in [2.24, 2.45) is 0 Å². The fourth-order valence-corrected chi connectivity index (χ4v) is 1.88. The maximum Gasteiger partial charge on any atom is 0.205 e. The Bertz CT molecular complexity index is 240. The maximum absolute atomic E-state index is 4.31. The molecule has 0 aliphatic carbocycles. The predicted molar refractivity (Wildman–Crippen MR) is 45.8 cm³/mol. The average Bonchev–Trinajstić information content (AvgIpc) is 2.55. The highest BCUT2D eigenvalue weighted by Crippen LogP contribution is 2.20. The molecule has 1 aromatic heterocycles. The predicted octanol–water partition coefficient (Wildman–Crippen LogP) is 1.26. The Balaban J connectivity index is 2.15. The first-order valence-corrected chi connectivity index (χ1v) is 4.50. The van der Waals surface area contributed by atoms with Crippen LogP contribution in [-0.4, -0.2) is 22.4 Å². The van der Waals surface area contributed by atoms with Crippen LogP contribution in [0.4, 0.5) is 5.13 Å². The molecule has 0 atom stereocenters. The zero-order chi connectivity index (χ0) is 7.68. The van der Waals surface area contributed by atoms with Gasteiger partial charge in [0.25, 0.3) is 0 Å². The van der Waals surface area contributed by atoms with Crippen LogP contribution in [0, 0.1) is 13.3 Å². The quantitative estimate of drug-likeness (QED) is 0.632. The molecule has 59 valence electrons. The topological polar surface area (TPSA) is 29.0 Å². The monoisotopic (exact) mass is 168 g/mol. The maximum atomic E-state index is 4.31. The minimum Gasteiger partial charge on any atom is -0.347 e. The van der Waals surface area contributed by atoms with Crippen LogP contribution in [-0.2, 0) is 0 Å². The molecular formula is C7H10N3S. The molecule has 0 N–H and O–H groups in total. The molecule has 0 aromatic carbocycles. The van der Waals surface area contributed by atoms with Gasteiger partial charge in [-0.2, -0.15) is 4.37 Å². The molecule has 0 spiro atoms. The molecule has 11 heavy (non-hydrogen) atoms. The van der Waals surface area contributed by atoms with Crippen molar-refractivity contribution in [2.45, 2.75) is 13.3 Å². The Morgan fingerprint density at radius 1 is 1.64 bits per heavy atom. The van der Waals surface area contributed by atoms with E-state index < -0.39 is 0 Å². The Morgan fingerprint density at radius 2 is 2.55 bits per heavy atom. The normalized spacial score (nSPS) is 17.7. The summed E-state index contributed by atoms with van der Waals surface area (Å²) >= 11 is 1.49. The van der Waals surface area contributed by atoms with Gasteiger partial charge in [-0.15, -0.1) is 0 Å². The third-order valence-electron chi connectivity index (χ3n) is 1.74. The lowest BCUT2D eigenvalue weighted by Crippen LogP contribution is -2.17. The second-order valence-electron chi connectivity index (χ2n) is 2.65. The summed E-state index contributed by atoms with van der Waals surface area (Å²) in [5.41, 5.74) is 0. The van der Waals surface area contributed by atoms with Crippen molar-refractivity contribution < 1.29 is 0 Å². The van der Waals surface area contributed by atoms with Gasteiger partial charge in [-0.05, 0) is 19.8 Å². The summed E-state index contributed by atoms with van der Waals surface area (Å²) in [6.45, 7) is 4.07. The molecule has 1 saturated heterocycles. The minimum atomic E-state index is 0.886. The molecule has 0 unspecified atom stereocenters. The zero-order valence-electron chi connectivity index (χ0n) is 6.45. The SMILES string of the molecule is Cc1nsc(N2C[CH]CC2)n1. The first-order valence-electron chi connectivity index (χ1n) is 3.73. The number of nitrogens with zero attached hydrogens (tertiary/aromatic N) is 3. The highest BCUT2D eigenvalue weighted by molar-refractivity contribution is 7.09. The highest BCUT2D eigenvalue weighted by atomic mass is 32.1. The van der Waals surface area contributed by atoms with Crippen LogP contribution >= 0.6 is 11.5 Å². The number of hydrogen-bond donors (Lipinski definition) is 0. The highest BCUT2D eigenvalue weighted by Gasteiger charge is 2.15. The van der Waals surface area contributed by atoms with Gasteiger partial charge in [0.2, 0.25) is 5.13 Å². The molecule has 0 saturated carbocycles. The summed E-state index contributed by atoms with van der Waals surface area (Å²) in [4.78, 5) is 6.56. The van der Waals surface area contributed by atoms with Crippen LogP contribution in [0.3, 0.4) is 0 Å². The van der Waals surface area contributed by atoms with Gasteiger partial charge < -0.3 is 4.90 Å². The van der Waals surface area contributed by atoms with Gasteiger partial charge in [-0.3, -0.25) is 0 Å². The molecule has 1 fully saturated rings. The summed E-state index contributed by atoms with van der Waals surface area (Å²) in [7, 11) is 0. The van der Waals surface area contributed by atoms with Gasteiger partial charge in [0.15, 0.2) is 0 Å². The van der Waals surface area contributed by atoms with Crippen LogP contribution in [0.5, 0.6) is 0 Å². The van der Waals surface area contributed by atoms with E-state index in [0.29, 0.717) is 0 Å². The Morgan fingerprint density at radius 3 is 3.09 bits per heavy atom. The van der Waals surface area contributed by atoms with E-state index in [1.165, 1.54) is 18.0 Å². The zero-order valence-corrected chi connectivity index (χ0v) is 7.27. The summed E-state index contributed by atoms with van der Waals surface area (Å²) in [5, 5.41) is 1.07. The van der Waals surface area contributed by atoms with Crippen molar-refractivity contribution in [2.75, 3.05) is 18.0 Å². The molecule has 1 aliphatic rings. The Kier molecular flexibility index (Phi) is 1.77. The third-order valence-corrected chi connectivity index (χ3v) is 2.61. The van der Waals surface area contributed by atoms with E-state index in [1.54, 1.807) is 0 Å². The third kappa shape index (κ3) is 1.35. The molecule has 4 heteroatoms. The molecule has 0 amide bonds. The Hall–Kier alpha value is -0.640. The van der Waals surface area contributed by atoms with Crippen LogP contribution < -0.4 is 4.90 Å². The lowest BCUT2D eigenvalue weighted by atomic mass is 10.4. The molecule has 1 radical (unpaired) electrons. The van der Waals surface area contributed by atoms with Crippen molar-refractivity contribution in [1.29, 1.82) is 0 Å². The van der Waals surface area contributed by atoms with Gasteiger partial charge in [0, 0.05) is 24.6 Å².